The monoisotopic (exact) mass is 372 g/mol. The normalized spacial score (nSPS) is 11.1. The first kappa shape index (κ1) is 15.9. The Morgan fingerprint density at radius 1 is 1.20 bits per heavy atom. The number of imidazole rings is 1. The van der Waals surface area contributed by atoms with Gasteiger partial charge in [0.1, 0.15) is 5.82 Å². The van der Waals surface area contributed by atoms with Gasteiger partial charge in [0, 0.05) is 28.2 Å². The maximum absolute atomic E-state index is 13.1. The number of anilines is 1. The maximum Gasteiger partial charge on any atom is 0.232 e. The van der Waals surface area contributed by atoms with Crippen molar-refractivity contribution in [3.63, 3.8) is 0 Å². The molecule has 0 atom stereocenters. The van der Waals surface area contributed by atoms with Crippen molar-refractivity contribution in [1.82, 2.24) is 14.4 Å². The first-order valence-corrected chi connectivity index (χ1v) is 9.28. The van der Waals surface area contributed by atoms with Crippen molar-refractivity contribution >= 4 is 38.7 Å². The topological polar surface area (TPSA) is 59.3 Å². The molecule has 0 saturated carbocycles. The SMILES string of the molecule is Cc1csc(NC(=O)Cc2csc3nc(-c4ccc(F)cc4)cn23)n1. The number of thiazole rings is 2. The molecule has 0 aliphatic rings. The van der Waals surface area contributed by atoms with Gasteiger partial charge in [-0.05, 0) is 31.2 Å². The summed E-state index contributed by atoms with van der Waals surface area (Å²) in [5, 5.41) is 7.22. The number of nitrogens with zero attached hydrogens (tertiary/aromatic N) is 3. The van der Waals surface area contributed by atoms with Crippen LogP contribution in [0.5, 0.6) is 0 Å². The van der Waals surface area contributed by atoms with E-state index in [0.717, 1.165) is 27.6 Å². The zero-order valence-electron chi connectivity index (χ0n) is 13.2. The number of benzene rings is 1. The molecule has 0 aliphatic heterocycles. The van der Waals surface area contributed by atoms with E-state index in [9.17, 15) is 9.18 Å². The zero-order chi connectivity index (χ0) is 17.4. The van der Waals surface area contributed by atoms with E-state index in [4.69, 9.17) is 0 Å². The van der Waals surface area contributed by atoms with Gasteiger partial charge in [0.25, 0.3) is 0 Å². The summed E-state index contributed by atoms with van der Waals surface area (Å²) in [5.41, 5.74) is 3.33. The summed E-state index contributed by atoms with van der Waals surface area (Å²) >= 11 is 2.88. The predicted octanol–water partition coefficient (Wildman–Crippen LogP) is 4.15. The molecule has 0 aliphatic carbocycles. The second kappa shape index (κ2) is 6.38. The van der Waals surface area contributed by atoms with Gasteiger partial charge >= 0.3 is 0 Å². The average Bonchev–Trinajstić information content (AvgIpc) is 3.26. The van der Waals surface area contributed by atoms with E-state index in [1.807, 2.05) is 28.3 Å². The number of halogens is 1. The van der Waals surface area contributed by atoms with Crippen molar-refractivity contribution in [3.8, 4) is 11.3 Å². The molecule has 1 amide bonds. The van der Waals surface area contributed by atoms with Gasteiger partial charge in [-0.25, -0.2) is 14.4 Å². The number of hydrogen-bond acceptors (Lipinski definition) is 5. The molecule has 126 valence electrons. The summed E-state index contributed by atoms with van der Waals surface area (Å²) in [5.74, 6) is -0.398. The largest absolute Gasteiger partial charge is 0.302 e. The molecule has 3 heterocycles. The second-order valence-electron chi connectivity index (χ2n) is 5.53. The lowest BCUT2D eigenvalue weighted by Gasteiger charge is -2.01. The number of nitrogens with one attached hydrogen (secondary N) is 1. The van der Waals surface area contributed by atoms with Crippen LogP contribution in [-0.4, -0.2) is 20.3 Å². The standard InChI is InChI=1S/C17H13FN4OS2/c1-10-8-24-16(19-10)21-15(23)6-13-9-25-17-20-14(7-22(13)17)11-2-4-12(18)5-3-11/h2-5,7-9H,6H2,1H3,(H,19,21,23). The van der Waals surface area contributed by atoms with Crippen molar-refractivity contribution < 1.29 is 9.18 Å². The van der Waals surface area contributed by atoms with Gasteiger partial charge in [-0.2, -0.15) is 0 Å². The van der Waals surface area contributed by atoms with Gasteiger partial charge in [-0.3, -0.25) is 9.20 Å². The summed E-state index contributed by atoms with van der Waals surface area (Å²) < 4.78 is 15.0. The number of aromatic nitrogens is 3. The third-order valence-electron chi connectivity index (χ3n) is 3.63. The summed E-state index contributed by atoms with van der Waals surface area (Å²) in [7, 11) is 0. The van der Waals surface area contributed by atoms with E-state index in [2.05, 4.69) is 15.3 Å². The number of rotatable bonds is 4. The van der Waals surface area contributed by atoms with E-state index in [0.29, 0.717) is 5.13 Å². The minimum absolute atomic E-state index is 0.119. The van der Waals surface area contributed by atoms with Gasteiger partial charge in [-0.1, -0.05) is 0 Å². The third kappa shape index (κ3) is 3.31. The lowest BCUT2D eigenvalue weighted by molar-refractivity contribution is -0.115. The summed E-state index contributed by atoms with van der Waals surface area (Å²) in [6.07, 6.45) is 2.10. The van der Waals surface area contributed by atoms with Gasteiger partial charge in [0.2, 0.25) is 5.91 Å². The smallest absolute Gasteiger partial charge is 0.232 e. The summed E-state index contributed by atoms with van der Waals surface area (Å²) in [6.45, 7) is 1.89. The van der Waals surface area contributed by atoms with E-state index < -0.39 is 0 Å². The lowest BCUT2D eigenvalue weighted by Crippen LogP contribution is -2.15. The number of hydrogen-bond donors (Lipinski definition) is 1. The number of aryl methyl sites for hydroxylation is 1. The Labute approximate surface area is 150 Å². The maximum atomic E-state index is 13.1. The van der Waals surface area contributed by atoms with Gasteiger partial charge in [-0.15, -0.1) is 22.7 Å². The molecule has 1 aromatic carbocycles. The van der Waals surface area contributed by atoms with Crippen LogP contribution >= 0.6 is 22.7 Å². The fraction of sp³-hybridized carbons (Fsp3) is 0.118. The predicted molar refractivity (Wildman–Crippen MR) is 97.6 cm³/mol. The number of fused-ring (bicyclic) bond motifs is 1. The van der Waals surface area contributed by atoms with Gasteiger partial charge in [0.05, 0.1) is 17.8 Å². The van der Waals surface area contributed by atoms with E-state index in [-0.39, 0.29) is 18.1 Å². The molecule has 8 heteroatoms. The molecule has 0 fully saturated rings. The van der Waals surface area contributed by atoms with Crippen LogP contribution in [-0.2, 0) is 11.2 Å². The quantitative estimate of drug-likeness (QED) is 0.585. The van der Waals surface area contributed by atoms with E-state index in [1.54, 1.807) is 12.1 Å². The molecule has 3 aromatic heterocycles. The third-order valence-corrected chi connectivity index (χ3v) is 5.39. The highest BCUT2D eigenvalue weighted by atomic mass is 32.1. The van der Waals surface area contributed by atoms with Crippen LogP contribution in [0.2, 0.25) is 0 Å². The first-order chi connectivity index (χ1) is 12.1. The minimum Gasteiger partial charge on any atom is -0.302 e. The van der Waals surface area contributed by atoms with Gasteiger partial charge in [0.15, 0.2) is 10.1 Å². The first-order valence-electron chi connectivity index (χ1n) is 7.52. The minimum atomic E-state index is -0.278. The van der Waals surface area contributed by atoms with Crippen LogP contribution in [0, 0.1) is 12.7 Å². The molecule has 25 heavy (non-hydrogen) atoms. The number of carbonyl (C=O) groups is 1. The Balaban J connectivity index is 1.56. The Hall–Kier alpha value is -2.58. The molecule has 0 bridgehead atoms. The highest BCUT2D eigenvalue weighted by molar-refractivity contribution is 7.15. The Morgan fingerprint density at radius 3 is 2.72 bits per heavy atom. The van der Waals surface area contributed by atoms with Crippen molar-refractivity contribution in [2.75, 3.05) is 5.32 Å². The number of carbonyl (C=O) groups excluding carboxylic acids is 1. The Bertz CT molecular complexity index is 1050. The van der Waals surface area contributed by atoms with Crippen LogP contribution in [0.25, 0.3) is 16.2 Å². The Morgan fingerprint density at radius 2 is 2.00 bits per heavy atom. The second-order valence-corrected chi connectivity index (χ2v) is 7.23. The molecule has 0 radical (unpaired) electrons. The highest BCUT2D eigenvalue weighted by Crippen LogP contribution is 2.24. The molecule has 4 aromatic rings. The molecule has 5 nitrogen and oxygen atoms in total. The van der Waals surface area contributed by atoms with Crippen molar-refractivity contribution in [1.29, 1.82) is 0 Å². The summed E-state index contributed by atoms with van der Waals surface area (Å²) in [6, 6.07) is 6.21. The molecular formula is C17H13FN4OS2. The lowest BCUT2D eigenvalue weighted by atomic mass is 10.2. The van der Waals surface area contributed by atoms with Crippen LogP contribution < -0.4 is 5.32 Å². The fourth-order valence-electron chi connectivity index (χ4n) is 2.46. The van der Waals surface area contributed by atoms with Crippen molar-refractivity contribution in [3.05, 3.63) is 58.4 Å². The Kier molecular flexibility index (Phi) is 4.06. The van der Waals surface area contributed by atoms with Crippen LogP contribution in [0.1, 0.15) is 11.4 Å². The number of amides is 1. The van der Waals surface area contributed by atoms with E-state index >= 15 is 0 Å². The van der Waals surface area contributed by atoms with Gasteiger partial charge < -0.3 is 5.32 Å². The van der Waals surface area contributed by atoms with Crippen molar-refractivity contribution in [2.24, 2.45) is 0 Å². The van der Waals surface area contributed by atoms with Crippen LogP contribution in [0.3, 0.4) is 0 Å². The highest BCUT2D eigenvalue weighted by Gasteiger charge is 2.13. The molecule has 0 spiro atoms. The molecule has 4 rings (SSSR count). The molecule has 0 saturated heterocycles. The fourth-order valence-corrected chi connectivity index (χ4v) is 4.03. The van der Waals surface area contributed by atoms with Crippen molar-refractivity contribution in [2.45, 2.75) is 13.3 Å². The average molecular weight is 372 g/mol. The molecule has 1 N–H and O–H groups in total. The molecular weight excluding hydrogens is 359 g/mol. The van der Waals surface area contributed by atoms with Crippen LogP contribution in [0.15, 0.2) is 41.2 Å². The van der Waals surface area contributed by atoms with Crippen LogP contribution in [0.4, 0.5) is 9.52 Å². The zero-order valence-corrected chi connectivity index (χ0v) is 14.8. The van der Waals surface area contributed by atoms with E-state index in [1.165, 1.54) is 34.8 Å². The summed E-state index contributed by atoms with van der Waals surface area (Å²) in [4.78, 5) is 21.8. The molecule has 0 unspecified atom stereocenters.